The Morgan fingerprint density at radius 1 is 0.865 bits per heavy atom. The zero-order valence-corrected chi connectivity index (χ0v) is 33.1. The molecule has 0 heterocycles. The lowest BCUT2D eigenvalue weighted by Gasteiger charge is -2.72. The molecule has 6 aliphatic carbocycles. The first-order valence-corrected chi connectivity index (χ1v) is 20.1. The van der Waals surface area contributed by atoms with Gasteiger partial charge in [0.1, 0.15) is 6.10 Å². The summed E-state index contributed by atoms with van der Waals surface area (Å²) in [6, 6.07) is -0.656. The Bertz CT molecular complexity index is 1530. The Labute approximate surface area is 309 Å². The molecule has 52 heavy (non-hydrogen) atoms. The van der Waals surface area contributed by atoms with Crippen LogP contribution in [0.5, 0.6) is 0 Å². The molecule has 5 saturated carbocycles. The summed E-state index contributed by atoms with van der Waals surface area (Å²) >= 11 is 0. The van der Waals surface area contributed by atoms with Crippen molar-refractivity contribution in [2.75, 3.05) is 0 Å². The number of nitrogens with one attached hydrogen (secondary N) is 2. The van der Waals surface area contributed by atoms with Crippen LogP contribution in [0.15, 0.2) is 11.1 Å². The Kier molecular flexibility index (Phi) is 9.63. The summed E-state index contributed by atoms with van der Waals surface area (Å²) in [6.07, 6.45) is 7.05. The second kappa shape index (κ2) is 12.8. The lowest BCUT2D eigenvalue weighted by molar-refractivity contribution is -0.232. The van der Waals surface area contributed by atoms with E-state index in [1.165, 1.54) is 0 Å². The number of carbonyl (C=O) groups is 4. The van der Waals surface area contributed by atoms with Gasteiger partial charge in [0.05, 0.1) is 17.4 Å². The predicted octanol–water partition coefficient (Wildman–Crippen LogP) is 9.01. The first-order valence-electron chi connectivity index (χ1n) is 20.1. The van der Waals surface area contributed by atoms with Crippen LogP contribution in [-0.2, 0) is 19.1 Å². The topological polar surface area (TPSA) is 122 Å². The van der Waals surface area contributed by atoms with Gasteiger partial charge in [-0.3, -0.25) is 14.4 Å². The molecule has 0 spiro atoms. The molecular weight excluding hydrogens is 666 g/mol. The van der Waals surface area contributed by atoms with Gasteiger partial charge >= 0.3 is 18.0 Å². The monoisotopic (exact) mass is 730 g/mol. The van der Waals surface area contributed by atoms with E-state index in [1.54, 1.807) is 13.8 Å². The van der Waals surface area contributed by atoms with Crippen LogP contribution >= 0.6 is 0 Å². The van der Waals surface area contributed by atoms with Crippen LogP contribution in [0.3, 0.4) is 0 Å². The standard InChI is InChI=1S/C42H64F2N2O6/c1-24(2)32-27(47)22-41(46-35(51)45-25-12-18-42(43,44)19-13-25)21-20-39(8)26(33(32)41)10-11-29-38(7)16-15-30(52-31(48)23-36(3,4)34(49)50)37(5,6)28(38)14-17-40(29,39)9/h24-26,28-30H,10-23H2,1-9H3,(H,49,50)(H2,45,46,51)/t26-,28+,29-,30+,38+,39-,40-,41-/m1/s1. The van der Waals surface area contributed by atoms with Gasteiger partial charge in [-0.2, -0.15) is 0 Å². The van der Waals surface area contributed by atoms with Crippen LogP contribution in [-0.4, -0.2) is 52.5 Å². The maximum atomic E-state index is 13.9. The van der Waals surface area contributed by atoms with E-state index in [1.807, 2.05) is 0 Å². The van der Waals surface area contributed by atoms with E-state index in [4.69, 9.17) is 4.74 Å². The number of amides is 2. The minimum atomic E-state index is -2.67. The number of alkyl halides is 2. The van der Waals surface area contributed by atoms with E-state index in [0.29, 0.717) is 18.3 Å². The maximum absolute atomic E-state index is 13.9. The fraction of sp³-hybridized carbons (Fsp3) is 0.857. The number of ketones is 1. The number of esters is 1. The summed E-state index contributed by atoms with van der Waals surface area (Å²) in [7, 11) is 0. The van der Waals surface area contributed by atoms with Crippen molar-refractivity contribution in [1.29, 1.82) is 0 Å². The van der Waals surface area contributed by atoms with Crippen molar-refractivity contribution in [2.24, 2.45) is 50.7 Å². The number of rotatable bonds is 7. The highest BCUT2D eigenvalue weighted by atomic mass is 19.3. The van der Waals surface area contributed by atoms with E-state index < -0.39 is 28.8 Å². The molecular formula is C42H64F2N2O6. The molecule has 0 radical (unpaired) electrons. The largest absolute Gasteiger partial charge is 0.481 e. The van der Waals surface area contributed by atoms with Gasteiger partial charge in [-0.25, -0.2) is 13.6 Å². The minimum Gasteiger partial charge on any atom is -0.481 e. The van der Waals surface area contributed by atoms with Crippen LogP contribution in [0, 0.1) is 50.7 Å². The predicted molar refractivity (Wildman–Crippen MR) is 195 cm³/mol. The van der Waals surface area contributed by atoms with E-state index in [0.717, 1.165) is 56.1 Å². The Morgan fingerprint density at radius 2 is 1.52 bits per heavy atom. The third-order valence-electron chi connectivity index (χ3n) is 16.2. The quantitative estimate of drug-likeness (QED) is 0.225. The summed E-state index contributed by atoms with van der Waals surface area (Å²) in [5.41, 5.74) is -0.320. The number of carboxylic acid groups (broad SMARTS) is 1. The summed E-state index contributed by atoms with van der Waals surface area (Å²) in [5, 5.41) is 15.9. The molecule has 8 nitrogen and oxygen atoms in total. The molecule has 10 heteroatoms. The molecule has 0 aromatic heterocycles. The van der Waals surface area contributed by atoms with Gasteiger partial charge in [0.25, 0.3) is 0 Å². The number of carboxylic acids is 1. The van der Waals surface area contributed by atoms with Crippen LogP contribution in [0.25, 0.3) is 0 Å². The van der Waals surface area contributed by atoms with Gasteiger partial charge in [0.2, 0.25) is 5.92 Å². The zero-order valence-electron chi connectivity index (χ0n) is 33.1. The number of urea groups is 1. The molecule has 2 amide bonds. The number of halogens is 2. The van der Waals surface area contributed by atoms with Gasteiger partial charge in [-0.05, 0) is 129 Å². The van der Waals surface area contributed by atoms with Gasteiger partial charge in [0, 0.05) is 30.7 Å². The first-order chi connectivity index (χ1) is 23.9. The van der Waals surface area contributed by atoms with Crippen molar-refractivity contribution in [2.45, 2.75) is 176 Å². The average molecular weight is 731 g/mol. The first kappa shape index (κ1) is 39.2. The number of carbonyl (C=O) groups excluding carboxylic acids is 3. The second-order valence-corrected chi connectivity index (χ2v) is 20.2. The van der Waals surface area contributed by atoms with Crippen molar-refractivity contribution in [3.63, 3.8) is 0 Å². The third kappa shape index (κ3) is 6.12. The fourth-order valence-electron chi connectivity index (χ4n) is 13.2. The minimum absolute atomic E-state index is 0.0119. The Morgan fingerprint density at radius 3 is 2.13 bits per heavy atom. The van der Waals surface area contributed by atoms with Crippen molar-refractivity contribution in [3.8, 4) is 0 Å². The number of Topliss-reactive ketones (excluding diaryl/α,β-unsaturated/α-hetero) is 1. The van der Waals surface area contributed by atoms with Crippen LogP contribution in [0.2, 0.25) is 0 Å². The number of hydrogen-bond donors (Lipinski definition) is 3. The normalized spacial score (nSPS) is 39.9. The number of ether oxygens (including phenoxy) is 1. The van der Waals surface area contributed by atoms with Crippen molar-refractivity contribution < 1.29 is 37.8 Å². The van der Waals surface area contributed by atoms with Crippen molar-refractivity contribution >= 4 is 23.8 Å². The molecule has 0 aromatic rings. The van der Waals surface area contributed by atoms with Gasteiger partial charge in [-0.15, -0.1) is 0 Å². The molecule has 6 rings (SSSR count). The number of aliphatic carboxylic acids is 1. The van der Waals surface area contributed by atoms with E-state index >= 15 is 0 Å². The summed E-state index contributed by atoms with van der Waals surface area (Å²) < 4.78 is 33.8. The molecule has 8 atom stereocenters. The van der Waals surface area contributed by atoms with Crippen molar-refractivity contribution in [3.05, 3.63) is 11.1 Å². The van der Waals surface area contributed by atoms with E-state index in [2.05, 4.69) is 59.1 Å². The molecule has 6 aliphatic rings. The highest BCUT2D eigenvalue weighted by molar-refractivity contribution is 6.02. The van der Waals surface area contributed by atoms with Crippen molar-refractivity contribution in [1.82, 2.24) is 10.6 Å². The third-order valence-corrected chi connectivity index (χ3v) is 16.2. The summed E-state index contributed by atoms with van der Waals surface area (Å²) in [6.45, 7) is 19.2. The second-order valence-electron chi connectivity index (χ2n) is 20.2. The highest BCUT2D eigenvalue weighted by Gasteiger charge is 2.70. The SMILES string of the molecule is CC(C)C1=C2[C@H]3CC[C@@H]4[C@@]5(C)CC[C@H](OC(=O)CC(C)(C)C(=O)O)C(C)(C)[C@@H]5CC[C@@]4(C)[C@]3(C)CC[C@@]2(NC(=O)NC2CCC(F)(F)CC2)CC1=O. The van der Waals surface area contributed by atoms with Gasteiger partial charge < -0.3 is 20.5 Å². The maximum Gasteiger partial charge on any atom is 0.315 e. The van der Waals surface area contributed by atoms with Gasteiger partial charge in [0.15, 0.2) is 5.78 Å². The Hall–Kier alpha value is -2.52. The molecule has 3 N–H and O–H groups in total. The molecule has 0 unspecified atom stereocenters. The summed E-state index contributed by atoms with van der Waals surface area (Å²) in [5.74, 6) is -3.10. The Balaban J connectivity index is 1.25. The van der Waals surface area contributed by atoms with Crippen LogP contribution in [0.4, 0.5) is 13.6 Å². The highest BCUT2D eigenvalue weighted by Crippen LogP contribution is 2.76. The fourth-order valence-corrected chi connectivity index (χ4v) is 13.2. The number of hydrogen-bond acceptors (Lipinski definition) is 5. The lowest BCUT2D eigenvalue weighted by atomic mass is 9.33. The smallest absolute Gasteiger partial charge is 0.315 e. The van der Waals surface area contributed by atoms with Gasteiger partial charge in [-0.1, -0.05) is 48.5 Å². The van der Waals surface area contributed by atoms with Crippen LogP contribution < -0.4 is 10.6 Å². The summed E-state index contributed by atoms with van der Waals surface area (Å²) in [4.78, 5) is 52.3. The van der Waals surface area contributed by atoms with E-state index in [-0.39, 0.29) is 96.0 Å². The lowest BCUT2D eigenvalue weighted by Crippen LogP contribution is -2.67. The van der Waals surface area contributed by atoms with Crippen LogP contribution in [0.1, 0.15) is 152 Å². The molecule has 0 aromatic carbocycles. The molecule has 292 valence electrons. The molecule has 0 bridgehead atoms. The van der Waals surface area contributed by atoms with E-state index in [9.17, 15) is 33.1 Å². The number of fused-ring (bicyclic) bond motifs is 7. The average Bonchev–Trinajstić information content (AvgIpc) is 3.31. The molecule has 0 aliphatic heterocycles. The molecule has 5 fully saturated rings. The molecule has 0 saturated heterocycles. The number of allylic oxidation sites excluding steroid dienone is 1. The zero-order chi connectivity index (χ0) is 38.4.